The van der Waals surface area contributed by atoms with Crippen LogP contribution in [0.4, 0.5) is 8.78 Å². The average molecular weight is 348 g/mol. The highest BCUT2D eigenvalue weighted by atomic mass is 32.1. The molecule has 1 aliphatic carbocycles. The molecule has 4 rings (SSSR count). The van der Waals surface area contributed by atoms with Crippen molar-refractivity contribution in [2.45, 2.75) is 32.3 Å². The summed E-state index contributed by atoms with van der Waals surface area (Å²) >= 11 is 1.58. The first-order valence-corrected chi connectivity index (χ1v) is 8.53. The van der Waals surface area contributed by atoms with Crippen molar-refractivity contribution in [3.8, 4) is 17.1 Å². The third-order valence-corrected chi connectivity index (χ3v) is 5.36. The lowest BCUT2D eigenvalue weighted by Gasteiger charge is -2.09. The fourth-order valence-electron chi connectivity index (χ4n) is 3.09. The van der Waals surface area contributed by atoms with Crippen molar-refractivity contribution in [2.24, 2.45) is 0 Å². The van der Waals surface area contributed by atoms with Crippen LogP contribution in [0.25, 0.3) is 21.6 Å². The highest BCUT2D eigenvalue weighted by Gasteiger charge is 2.20. The molecule has 0 unspecified atom stereocenters. The van der Waals surface area contributed by atoms with Gasteiger partial charge in [0.2, 0.25) is 0 Å². The van der Waals surface area contributed by atoms with E-state index in [2.05, 4.69) is 14.7 Å². The number of halogens is 2. The number of aromatic amines is 1. The molecule has 0 bridgehead atoms. The Bertz CT molecular complexity index is 948. The molecule has 4 nitrogen and oxygen atoms in total. The lowest BCUT2D eigenvalue weighted by molar-refractivity contribution is -0.0498. The Morgan fingerprint density at radius 2 is 1.92 bits per heavy atom. The van der Waals surface area contributed by atoms with Gasteiger partial charge in [0.15, 0.2) is 0 Å². The van der Waals surface area contributed by atoms with Gasteiger partial charge in [-0.15, -0.1) is 11.3 Å². The zero-order valence-corrected chi connectivity index (χ0v) is 13.5. The predicted molar refractivity (Wildman–Crippen MR) is 89.0 cm³/mol. The molecule has 124 valence electrons. The fraction of sp³-hybridized carbons (Fsp3) is 0.294. The van der Waals surface area contributed by atoms with Crippen LogP contribution in [0.2, 0.25) is 0 Å². The van der Waals surface area contributed by atoms with Crippen LogP contribution in [0.15, 0.2) is 29.1 Å². The Labute approximate surface area is 140 Å². The minimum absolute atomic E-state index is 0.0729. The Morgan fingerprint density at radius 3 is 2.67 bits per heavy atom. The molecule has 0 amide bonds. The summed E-state index contributed by atoms with van der Waals surface area (Å²) in [5, 5.41) is 0.705. The van der Waals surface area contributed by atoms with E-state index in [0.717, 1.165) is 36.1 Å². The lowest BCUT2D eigenvalue weighted by Crippen LogP contribution is -2.11. The number of ether oxygens (including phenoxy) is 1. The van der Waals surface area contributed by atoms with Crippen molar-refractivity contribution in [1.82, 2.24) is 9.97 Å². The number of fused-ring (bicyclic) bond motifs is 3. The molecule has 0 radical (unpaired) electrons. The highest BCUT2D eigenvalue weighted by molar-refractivity contribution is 7.18. The van der Waals surface area contributed by atoms with E-state index in [0.29, 0.717) is 16.8 Å². The average Bonchev–Trinajstić information content (AvgIpc) is 2.93. The number of H-pyrrole nitrogens is 1. The molecule has 0 saturated heterocycles. The SMILES string of the molecule is O=c1[nH]c(-c2ccc(OC(F)F)cc2)nc2sc3c(c12)CCCC3. The monoisotopic (exact) mass is 348 g/mol. The van der Waals surface area contributed by atoms with Crippen LogP contribution >= 0.6 is 11.3 Å². The fourth-order valence-corrected chi connectivity index (χ4v) is 4.36. The smallest absolute Gasteiger partial charge is 0.387 e. The maximum atomic E-state index is 12.5. The van der Waals surface area contributed by atoms with E-state index in [1.807, 2.05) is 0 Å². The second-order valence-electron chi connectivity index (χ2n) is 5.71. The maximum absolute atomic E-state index is 12.5. The van der Waals surface area contributed by atoms with Gasteiger partial charge in [0.25, 0.3) is 5.56 Å². The molecule has 0 aliphatic heterocycles. The molecule has 1 aliphatic rings. The third kappa shape index (κ3) is 2.69. The normalized spacial score (nSPS) is 14.1. The molecule has 0 spiro atoms. The number of nitrogens with one attached hydrogen (secondary N) is 1. The molecule has 2 aromatic heterocycles. The number of hydrogen-bond donors (Lipinski definition) is 1. The largest absolute Gasteiger partial charge is 0.435 e. The Kier molecular flexibility index (Phi) is 3.80. The standard InChI is InChI=1S/C17H14F2N2O2S/c18-17(19)23-10-7-5-9(6-8-10)14-20-15(22)13-11-3-1-2-4-12(11)24-16(13)21-14/h5-8,17H,1-4H2,(H,20,21,22). The van der Waals surface area contributed by atoms with Crippen LogP contribution in [0.1, 0.15) is 23.3 Å². The maximum Gasteiger partial charge on any atom is 0.387 e. The molecule has 7 heteroatoms. The van der Waals surface area contributed by atoms with Gasteiger partial charge in [0.05, 0.1) is 5.39 Å². The predicted octanol–water partition coefficient (Wildman–Crippen LogP) is 4.13. The summed E-state index contributed by atoms with van der Waals surface area (Å²) < 4.78 is 28.7. The highest BCUT2D eigenvalue weighted by Crippen LogP contribution is 2.34. The number of nitrogens with zero attached hydrogens (tertiary/aromatic N) is 1. The van der Waals surface area contributed by atoms with Crippen LogP contribution in [-0.4, -0.2) is 16.6 Å². The van der Waals surface area contributed by atoms with E-state index in [4.69, 9.17) is 0 Å². The first-order chi connectivity index (χ1) is 11.6. The number of hydrogen-bond acceptors (Lipinski definition) is 4. The lowest BCUT2D eigenvalue weighted by atomic mass is 9.97. The van der Waals surface area contributed by atoms with Gasteiger partial charge in [0.1, 0.15) is 16.4 Å². The summed E-state index contributed by atoms with van der Waals surface area (Å²) in [6.07, 6.45) is 4.19. The van der Waals surface area contributed by atoms with Crippen molar-refractivity contribution < 1.29 is 13.5 Å². The van der Waals surface area contributed by atoms with E-state index >= 15 is 0 Å². The van der Waals surface area contributed by atoms with Crippen molar-refractivity contribution in [2.75, 3.05) is 0 Å². The van der Waals surface area contributed by atoms with Crippen LogP contribution < -0.4 is 10.3 Å². The number of thiophene rings is 1. The number of rotatable bonds is 3. The first-order valence-electron chi connectivity index (χ1n) is 7.71. The zero-order valence-electron chi connectivity index (χ0n) is 12.6. The molecule has 1 N–H and O–H groups in total. The number of benzene rings is 1. The van der Waals surface area contributed by atoms with Gasteiger partial charge in [0, 0.05) is 10.4 Å². The molecule has 1 aromatic carbocycles. The van der Waals surface area contributed by atoms with E-state index in [1.54, 1.807) is 23.5 Å². The van der Waals surface area contributed by atoms with Crippen LogP contribution in [-0.2, 0) is 12.8 Å². The topological polar surface area (TPSA) is 55.0 Å². The van der Waals surface area contributed by atoms with Gasteiger partial charge in [-0.05, 0) is 55.5 Å². The van der Waals surface area contributed by atoms with Gasteiger partial charge in [-0.1, -0.05) is 0 Å². The summed E-state index contributed by atoms with van der Waals surface area (Å²) in [6, 6.07) is 6.08. The number of aromatic nitrogens is 2. The Hall–Kier alpha value is -2.28. The summed E-state index contributed by atoms with van der Waals surface area (Å²) in [5.74, 6) is 0.512. The Morgan fingerprint density at radius 1 is 1.17 bits per heavy atom. The van der Waals surface area contributed by atoms with Gasteiger partial charge < -0.3 is 9.72 Å². The van der Waals surface area contributed by atoms with Crippen molar-refractivity contribution in [3.63, 3.8) is 0 Å². The summed E-state index contributed by atoms with van der Waals surface area (Å²) in [4.78, 5) is 21.9. The molecule has 3 aromatic rings. The number of alkyl halides is 2. The van der Waals surface area contributed by atoms with Gasteiger partial charge in [-0.3, -0.25) is 4.79 Å². The van der Waals surface area contributed by atoms with Gasteiger partial charge in [-0.2, -0.15) is 8.78 Å². The van der Waals surface area contributed by atoms with Crippen molar-refractivity contribution in [1.29, 1.82) is 0 Å². The molecular weight excluding hydrogens is 334 g/mol. The molecular formula is C17H14F2N2O2S. The van der Waals surface area contributed by atoms with E-state index in [1.165, 1.54) is 17.0 Å². The van der Waals surface area contributed by atoms with E-state index < -0.39 is 6.61 Å². The molecule has 0 fully saturated rings. The molecule has 0 saturated carbocycles. The molecule has 2 heterocycles. The second-order valence-corrected chi connectivity index (χ2v) is 6.79. The minimum Gasteiger partial charge on any atom is -0.435 e. The zero-order chi connectivity index (χ0) is 16.7. The summed E-state index contributed by atoms with van der Waals surface area (Å²) in [6.45, 7) is -2.86. The van der Waals surface area contributed by atoms with Gasteiger partial charge in [-0.25, -0.2) is 4.98 Å². The first kappa shape index (κ1) is 15.3. The number of aryl methyl sites for hydroxylation is 2. The Balaban J connectivity index is 1.76. The van der Waals surface area contributed by atoms with Crippen LogP contribution in [0.3, 0.4) is 0 Å². The molecule has 0 atom stereocenters. The van der Waals surface area contributed by atoms with Crippen LogP contribution in [0, 0.1) is 0 Å². The third-order valence-electron chi connectivity index (χ3n) is 4.18. The van der Waals surface area contributed by atoms with Gasteiger partial charge >= 0.3 is 6.61 Å². The van der Waals surface area contributed by atoms with E-state index in [-0.39, 0.29) is 11.3 Å². The molecule has 24 heavy (non-hydrogen) atoms. The van der Waals surface area contributed by atoms with Crippen molar-refractivity contribution >= 4 is 21.6 Å². The van der Waals surface area contributed by atoms with E-state index in [9.17, 15) is 13.6 Å². The summed E-state index contributed by atoms with van der Waals surface area (Å²) in [5.41, 5.74) is 1.66. The van der Waals surface area contributed by atoms with Crippen molar-refractivity contribution in [3.05, 3.63) is 45.1 Å². The quantitative estimate of drug-likeness (QED) is 0.774. The minimum atomic E-state index is -2.86. The second kappa shape index (κ2) is 5.98. The summed E-state index contributed by atoms with van der Waals surface area (Å²) in [7, 11) is 0. The van der Waals surface area contributed by atoms with Crippen LogP contribution in [0.5, 0.6) is 5.75 Å².